The Balaban J connectivity index is 1.67. The number of carbonyl (C=O) groups is 1. The van der Waals surface area contributed by atoms with Crippen LogP contribution in [0, 0.1) is 0 Å². The van der Waals surface area contributed by atoms with Crippen molar-refractivity contribution in [2.24, 2.45) is 0 Å². The second-order valence-corrected chi connectivity index (χ2v) is 7.14. The van der Waals surface area contributed by atoms with Crippen LogP contribution in [-0.2, 0) is 4.74 Å². The number of nitrogens with one attached hydrogen (secondary N) is 1. The fourth-order valence-corrected chi connectivity index (χ4v) is 3.63. The van der Waals surface area contributed by atoms with Gasteiger partial charge in [0.1, 0.15) is 0 Å². The van der Waals surface area contributed by atoms with Gasteiger partial charge in [-0.15, -0.1) is 0 Å². The van der Waals surface area contributed by atoms with Crippen molar-refractivity contribution >= 4 is 17.4 Å². The first-order valence-electron chi connectivity index (χ1n) is 9.08. The minimum atomic E-state index is -0.00245. The van der Waals surface area contributed by atoms with Gasteiger partial charge in [-0.1, -0.05) is 6.07 Å². The van der Waals surface area contributed by atoms with Crippen molar-refractivity contribution in [2.75, 3.05) is 30.4 Å². The van der Waals surface area contributed by atoms with Gasteiger partial charge >= 0.3 is 6.03 Å². The van der Waals surface area contributed by atoms with Crippen LogP contribution in [0.2, 0.25) is 0 Å². The highest BCUT2D eigenvalue weighted by Crippen LogP contribution is 2.29. The van der Waals surface area contributed by atoms with Gasteiger partial charge in [0.05, 0.1) is 12.1 Å². The minimum absolute atomic E-state index is 0.00245. The van der Waals surface area contributed by atoms with Gasteiger partial charge in [0.25, 0.3) is 0 Å². The largest absolute Gasteiger partial charge is 0.376 e. The Bertz CT molecular complexity index is 569. The van der Waals surface area contributed by atoms with Crippen molar-refractivity contribution in [1.82, 2.24) is 4.90 Å². The fraction of sp³-hybridized carbons (Fsp3) is 0.632. The van der Waals surface area contributed by atoms with Crippen LogP contribution in [0.1, 0.15) is 39.5 Å². The summed E-state index contributed by atoms with van der Waals surface area (Å²) in [6, 6.07) is 8.69. The highest BCUT2D eigenvalue weighted by Gasteiger charge is 2.36. The molecule has 24 heavy (non-hydrogen) atoms. The Morgan fingerprint density at radius 3 is 2.88 bits per heavy atom. The van der Waals surface area contributed by atoms with Crippen molar-refractivity contribution in [3.8, 4) is 0 Å². The highest BCUT2D eigenvalue weighted by molar-refractivity contribution is 5.90. The molecule has 1 aromatic carbocycles. The van der Waals surface area contributed by atoms with E-state index in [4.69, 9.17) is 4.74 Å². The van der Waals surface area contributed by atoms with E-state index in [0.717, 1.165) is 50.2 Å². The maximum Gasteiger partial charge on any atom is 0.322 e. The van der Waals surface area contributed by atoms with Crippen molar-refractivity contribution in [1.29, 1.82) is 0 Å². The van der Waals surface area contributed by atoms with Crippen LogP contribution < -0.4 is 10.2 Å². The predicted octanol–water partition coefficient (Wildman–Crippen LogP) is 3.71. The first-order chi connectivity index (χ1) is 11.6. The lowest BCUT2D eigenvalue weighted by molar-refractivity contribution is 0.0543. The molecule has 0 saturated carbocycles. The lowest BCUT2D eigenvalue weighted by atomic mass is 10.1. The normalized spacial score (nSPS) is 23.8. The van der Waals surface area contributed by atoms with E-state index in [1.807, 2.05) is 23.1 Å². The number of ether oxygens (including phenoxy) is 1. The summed E-state index contributed by atoms with van der Waals surface area (Å²) in [4.78, 5) is 16.9. The SMILES string of the molecule is CC(C)N(C)c1cccc(NC(=O)N2CCC[C@H]2[C@@H]2CCCO2)c1. The van der Waals surface area contributed by atoms with Gasteiger partial charge in [-0.05, 0) is 57.7 Å². The summed E-state index contributed by atoms with van der Waals surface area (Å²) >= 11 is 0. The number of hydrogen-bond acceptors (Lipinski definition) is 3. The molecule has 0 unspecified atom stereocenters. The zero-order valence-electron chi connectivity index (χ0n) is 15.0. The lowest BCUT2D eigenvalue weighted by Gasteiger charge is -2.29. The molecule has 1 aromatic rings. The summed E-state index contributed by atoms with van der Waals surface area (Å²) in [5.41, 5.74) is 1.96. The molecule has 5 heteroatoms. The van der Waals surface area contributed by atoms with Crippen LogP contribution in [-0.4, -0.2) is 49.3 Å². The van der Waals surface area contributed by atoms with Crippen LogP contribution in [0.15, 0.2) is 24.3 Å². The number of likely N-dealkylation sites (tertiary alicyclic amines) is 1. The molecule has 2 saturated heterocycles. The third kappa shape index (κ3) is 3.66. The molecule has 2 aliphatic heterocycles. The maximum absolute atomic E-state index is 12.7. The van der Waals surface area contributed by atoms with E-state index < -0.39 is 0 Å². The zero-order chi connectivity index (χ0) is 17.1. The predicted molar refractivity (Wildman–Crippen MR) is 97.7 cm³/mol. The van der Waals surface area contributed by atoms with E-state index in [0.29, 0.717) is 6.04 Å². The van der Waals surface area contributed by atoms with Crippen LogP contribution in [0.5, 0.6) is 0 Å². The van der Waals surface area contributed by atoms with Gasteiger partial charge < -0.3 is 19.9 Å². The molecule has 2 heterocycles. The summed E-state index contributed by atoms with van der Waals surface area (Å²) in [7, 11) is 2.07. The summed E-state index contributed by atoms with van der Waals surface area (Å²) in [6.07, 6.45) is 4.52. The van der Waals surface area contributed by atoms with E-state index >= 15 is 0 Å². The van der Waals surface area contributed by atoms with Crippen molar-refractivity contribution in [2.45, 2.75) is 57.7 Å². The Kier molecular flexibility index (Phi) is 5.29. The lowest BCUT2D eigenvalue weighted by Crippen LogP contribution is -2.44. The second-order valence-electron chi connectivity index (χ2n) is 7.14. The quantitative estimate of drug-likeness (QED) is 0.915. The number of rotatable bonds is 4. The van der Waals surface area contributed by atoms with Gasteiger partial charge in [0.2, 0.25) is 0 Å². The Hall–Kier alpha value is -1.75. The van der Waals surface area contributed by atoms with Gasteiger partial charge in [-0.2, -0.15) is 0 Å². The summed E-state index contributed by atoms with van der Waals surface area (Å²) < 4.78 is 5.82. The smallest absolute Gasteiger partial charge is 0.322 e. The Labute approximate surface area is 145 Å². The van der Waals surface area contributed by atoms with Crippen LogP contribution in [0.4, 0.5) is 16.2 Å². The first kappa shape index (κ1) is 17.1. The highest BCUT2D eigenvalue weighted by atomic mass is 16.5. The van der Waals surface area contributed by atoms with Crippen LogP contribution >= 0.6 is 0 Å². The number of amides is 2. The van der Waals surface area contributed by atoms with Crippen LogP contribution in [0.3, 0.4) is 0 Å². The molecule has 0 bridgehead atoms. The topological polar surface area (TPSA) is 44.8 Å². The number of carbonyl (C=O) groups excluding carboxylic acids is 1. The Morgan fingerprint density at radius 2 is 2.17 bits per heavy atom. The summed E-state index contributed by atoms with van der Waals surface area (Å²) in [5.74, 6) is 0. The molecular weight excluding hydrogens is 302 g/mol. The monoisotopic (exact) mass is 331 g/mol. The molecule has 0 spiro atoms. The second kappa shape index (κ2) is 7.43. The number of benzene rings is 1. The fourth-order valence-electron chi connectivity index (χ4n) is 3.63. The molecule has 0 aromatic heterocycles. The average Bonchev–Trinajstić information content (AvgIpc) is 3.24. The van der Waals surface area contributed by atoms with E-state index in [9.17, 15) is 4.79 Å². The molecule has 5 nitrogen and oxygen atoms in total. The standard InChI is InChI=1S/C19H29N3O2/c1-14(2)21(3)16-8-4-7-15(13-16)20-19(23)22-11-5-9-17(22)18-10-6-12-24-18/h4,7-8,13-14,17-18H,5-6,9-12H2,1-3H3,(H,20,23)/t17-,18-/m0/s1. The third-order valence-electron chi connectivity index (χ3n) is 5.23. The molecule has 0 radical (unpaired) electrons. The van der Waals surface area contributed by atoms with Gasteiger partial charge in [-0.3, -0.25) is 0 Å². The minimum Gasteiger partial charge on any atom is -0.376 e. The first-order valence-corrected chi connectivity index (χ1v) is 9.08. The maximum atomic E-state index is 12.7. The van der Waals surface area contributed by atoms with E-state index in [-0.39, 0.29) is 18.2 Å². The molecule has 1 N–H and O–H groups in total. The van der Waals surface area contributed by atoms with Gasteiger partial charge in [0, 0.05) is 37.6 Å². The molecule has 2 amide bonds. The van der Waals surface area contributed by atoms with E-state index in [1.165, 1.54) is 0 Å². The molecule has 0 aliphatic carbocycles. The number of hydrogen-bond donors (Lipinski definition) is 1. The third-order valence-corrected chi connectivity index (χ3v) is 5.23. The molecule has 3 rings (SSSR count). The number of nitrogens with zero attached hydrogens (tertiary/aromatic N) is 2. The molecule has 2 atom stereocenters. The Morgan fingerprint density at radius 1 is 1.33 bits per heavy atom. The number of anilines is 2. The van der Waals surface area contributed by atoms with E-state index in [2.05, 4.69) is 37.2 Å². The molecule has 2 aliphatic rings. The van der Waals surface area contributed by atoms with Crippen molar-refractivity contribution < 1.29 is 9.53 Å². The van der Waals surface area contributed by atoms with Crippen molar-refractivity contribution in [3.63, 3.8) is 0 Å². The molecular formula is C19H29N3O2. The van der Waals surface area contributed by atoms with E-state index in [1.54, 1.807) is 0 Å². The van der Waals surface area contributed by atoms with Gasteiger partial charge in [-0.25, -0.2) is 4.79 Å². The summed E-state index contributed by atoms with van der Waals surface area (Å²) in [6.45, 7) is 5.96. The number of urea groups is 1. The van der Waals surface area contributed by atoms with Gasteiger partial charge in [0.15, 0.2) is 0 Å². The van der Waals surface area contributed by atoms with Crippen LogP contribution in [0.25, 0.3) is 0 Å². The molecule has 132 valence electrons. The molecule has 2 fully saturated rings. The zero-order valence-corrected chi connectivity index (χ0v) is 15.0. The van der Waals surface area contributed by atoms with Crippen molar-refractivity contribution in [3.05, 3.63) is 24.3 Å². The summed E-state index contributed by atoms with van der Waals surface area (Å²) in [5, 5.41) is 3.08. The average molecular weight is 331 g/mol.